The van der Waals surface area contributed by atoms with Gasteiger partial charge in [-0.1, -0.05) is 38.2 Å². The van der Waals surface area contributed by atoms with Crippen molar-refractivity contribution in [3.05, 3.63) is 29.8 Å². The molecule has 1 fully saturated rings. The van der Waals surface area contributed by atoms with E-state index in [1.807, 2.05) is 0 Å². The summed E-state index contributed by atoms with van der Waals surface area (Å²) in [6.07, 6.45) is 7.92. The average Bonchev–Trinajstić information content (AvgIpc) is 2.41. The van der Waals surface area contributed by atoms with Gasteiger partial charge in [-0.15, -0.1) is 0 Å². The second-order valence-corrected chi connectivity index (χ2v) is 5.56. The Morgan fingerprint density at radius 1 is 1.05 bits per heavy atom. The third-order valence-corrected chi connectivity index (χ3v) is 3.86. The van der Waals surface area contributed by atoms with Gasteiger partial charge in [-0.05, 0) is 25.0 Å². The highest BCUT2D eigenvalue weighted by molar-refractivity contribution is 5.81. The molecule has 0 aliphatic heterocycles. The summed E-state index contributed by atoms with van der Waals surface area (Å²) in [5, 5.41) is 5.49. The van der Waals surface area contributed by atoms with E-state index in [4.69, 9.17) is 0 Å². The van der Waals surface area contributed by atoms with Crippen LogP contribution in [0.15, 0.2) is 18.2 Å². The molecule has 2 rings (SSSR count). The summed E-state index contributed by atoms with van der Waals surface area (Å²) in [5.41, 5.74) is -0.245. The average molecular weight is 296 g/mol. The highest BCUT2D eigenvalue weighted by Crippen LogP contribution is 2.18. The van der Waals surface area contributed by atoms with Crippen LogP contribution in [-0.4, -0.2) is 18.5 Å². The molecule has 1 aliphatic rings. The number of nitrogens with one attached hydrogen (secondary N) is 2. The third kappa shape index (κ3) is 4.99. The van der Waals surface area contributed by atoms with E-state index in [1.54, 1.807) is 0 Å². The Morgan fingerprint density at radius 3 is 2.24 bits per heavy atom. The molecule has 0 aromatic heterocycles. The van der Waals surface area contributed by atoms with E-state index in [9.17, 15) is 13.6 Å². The minimum atomic E-state index is -0.686. The number of carbonyl (C=O) groups excluding carboxylic acids is 1. The van der Waals surface area contributed by atoms with Crippen molar-refractivity contribution in [2.75, 3.05) is 11.9 Å². The van der Waals surface area contributed by atoms with E-state index in [-0.39, 0.29) is 24.2 Å². The van der Waals surface area contributed by atoms with Gasteiger partial charge in [0.15, 0.2) is 0 Å². The predicted molar refractivity (Wildman–Crippen MR) is 79.1 cm³/mol. The summed E-state index contributed by atoms with van der Waals surface area (Å²) in [5.74, 6) is -1.59. The number of para-hydroxylation sites is 1. The second-order valence-electron chi connectivity index (χ2n) is 5.56. The van der Waals surface area contributed by atoms with Crippen molar-refractivity contribution in [2.24, 2.45) is 0 Å². The van der Waals surface area contributed by atoms with Gasteiger partial charge in [0.2, 0.25) is 5.91 Å². The summed E-state index contributed by atoms with van der Waals surface area (Å²) in [6.45, 7) is -0.117. The van der Waals surface area contributed by atoms with Crippen LogP contribution in [0.2, 0.25) is 0 Å². The minimum absolute atomic E-state index is 0.117. The van der Waals surface area contributed by atoms with Crippen LogP contribution < -0.4 is 10.6 Å². The van der Waals surface area contributed by atoms with Crippen molar-refractivity contribution in [1.82, 2.24) is 5.32 Å². The molecule has 5 heteroatoms. The van der Waals surface area contributed by atoms with Crippen molar-refractivity contribution in [2.45, 2.75) is 51.0 Å². The molecule has 0 saturated heterocycles. The lowest BCUT2D eigenvalue weighted by molar-refractivity contribution is -0.120. The summed E-state index contributed by atoms with van der Waals surface area (Å²) < 4.78 is 26.8. The van der Waals surface area contributed by atoms with Crippen LogP contribution in [0.4, 0.5) is 14.5 Å². The van der Waals surface area contributed by atoms with Gasteiger partial charge in [-0.3, -0.25) is 4.79 Å². The molecule has 116 valence electrons. The van der Waals surface area contributed by atoms with Crippen LogP contribution in [0.5, 0.6) is 0 Å². The molecule has 0 atom stereocenters. The van der Waals surface area contributed by atoms with Crippen LogP contribution >= 0.6 is 0 Å². The van der Waals surface area contributed by atoms with Gasteiger partial charge in [-0.25, -0.2) is 8.78 Å². The number of benzene rings is 1. The zero-order chi connectivity index (χ0) is 15.1. The van der Waals surface area contributed by atoms with E-state index in [0.29, 0.717) is 0 Å². The van der Waals surface area contributed by atoms with E-state index in [1.165, 1.54) is 25.3 Å². The Labute approximate surface area is 124 Å². The molecule has 21 heavy (non-hydrogen) atoms. The van der Waals surface area contributed by atoms with E-state index in [2.05, 4.69) is 10.6 Å². The molecule has 1 amide bonds. The maximum atomic E-state index is 13.4. The number of carbonyl (C=O) groups is 1. The van der Waals surface area contributed by atoms with Gasteiger partial charge in [-0.2, -0.15) is 0 Å². The Kier molecular flexibility index (Phi) is 5.96. The van der Waals surface area contributed by atoms with Crippen molar-refractivity contribution in [3.8, 4) is 0 Å². The number of halogens is 2. The van der Waals surface area contributed by atoms with Gasteiger partial charge in [0.05, 0.1) is 6.54 Å². The molecular formula is C16H22F2N2O. The molecule has 2 N–H and O–H groups in total. The molecule has 0 radical (unpaired) electrons. The van der Waals surface area contributed by atoms with Crippen molar-refractivity contribution in [3.63, 3.8) is 0 Å². The maximum absolute atomic E-state index is 13.4. The Bertz CT molecular complexity index is 451. The highest BCUT2D eigenvalue weighted by atomic mass is 19.1. The number of anilines is 1. The lowest BCUT2D eigenvalue weighted by Crippen LogP contribution is -2.38. The first-order valence-electron chi connectivity index (χ1n) is 7.64. The molecule has 0 spiro atoms. The lowest BCUT2D eigenvalue weighted by atomic mass is 9.97. The van der Waals surface area contributed by atoms with Crippen LogP contribution in [-0.2, 0) is 4.79 Å². The van der Waals surface area contributed by atoms with Crippen LogP contribution in [0.1, 0.15) is 44.9 Å². The molecular weight excluding hydrogens is 274 g/mol. The number of hydrogen-bond acceptors (Lipinski definition) is 2. The molecule has 0 heterocycles. The Morgan fingerprint density at radius 2 is 1.62 bits per heavy atom. The molecule has 1 aromatic carbocycles. The summed E-state index contributed by atoms with van der Waals surface area (Å²) in [7, 11) is 0. The van der Waals surface area contributed by atoms with Gasteiger partial charge < -0.3 is 10.6 Å². The summed E-state index contributed by atoms with van der Waals surface area (Å²) >= 11 is 0. The first-order chi connectivity index (χ1) is 10.2. The highest BCUT2D eigenvalue weighted by Gasteiger charge is 2.15. The molecule has 0 bridgehead atoms. The second kappa shape index (κ2) is 7.96. The third-order valence-electron chi connectivity index (χ3n) is 3.86. The number of rotatable bonds is 4. The zero-order valence-electron chi connectivity index (χ0n) is 12.1. The predicted octanol–water partition coefficient (Wildman–Crippen LogP) is 3.61. The van der Waals surface area contributed by atoms with Crippen molar-refractivity contribution in [1.29, 1.82) is 0 Å². The molecule has 1 aliphatic carbocycles. The molecule has 1 aromatic rings. The topological polar surface area (TPSA) is 41.1 Å². The van der Waals surface area contributed by atoms with Gasteiger partial charge in [0, 0.05) is 6.04 Å². The Hall–Kier alpha value is -1.65. The molecule has 1 saturated carbocycles. The summed E-state index contributed by atoms with van der Waals surface area (Å²) in [4.78, 5) is 11.9. The van der Waals surface area contributed by atoms with Crippen molar-refractivity contribution >= 4 is 11.6 Å². The van der Waals surface area contributed by atoms with E-state index in [0.717, 1.165) is 37.8 Å². The quantitative estimate of drug-likeness (QED) is 0.891. The zero-order valence-corrected chi connectivity index (χ0v) is 12.1. The lowest BCUT2D eigenvalue weighted by Gasteiger charge is -2.21. The fraction of sp³-hybridized carbons (Fsp3) is 0.562. The monoisotopic (exact) mass is 296 g/mol. The largest absolute Gasteiger partial charge is 0.371 e. The number of amides is 1. The maximum Gasteiger partial charge on any atom is 0.239 e. The van der Waals surface area contributed by atoms with Crippen LogP contribution in [0, 0.1) is 11.6 Å². The number of hydrogen-bond donors (Lipinski definition) is 2. The summed E-state index contributed by atoms with van der Waals surface area (Å²) in [6, 6.07) is 3.81. The van der Waals surface area contributed by atoms with Gasteiger partial charge >= 0.3 is 0 Å². The van der Waals surface area contributed by atoms with E-state index < -0.39 is 11.6 Å². The van der Waals surface area contributed by atoms with Crippen molar-refractivity contribution < 1.29 is 13.6 Å². The first kappa shape index (κ1) is 15.7. The standard InChI is InChI=1S/C16H22F2N2O/c17-13-9-6-10-14(18)16(13)19-11-15(21)20-12-7-4-2-1-3-5-8-12/h6,9-10,12,19H,1-5,7-8,11H2,(H,20,21). The smallest absolute Gasteiger partial charge is 0.239 e. The van der Waals surface area contributed by atoms with Crippen LogP contribution in [0.25, 0.3) is 0 Å². The fourth-order valence-electron chi connectivity index (χ4n) is 2.71. The Balaban J connectivity index is 1.81. The van der Waals surface area contributed by atoms with Gasteiger partial charge in [0.1, 0.15) is 17.3 Å². The molecule has 0 unspecified atom stereocenters. The molecule has 3 nitrogen and oxygen atoms in total. The first-order valence-corrected chi connectivity index (χ1v) is 7.64. The van der Waals surface area contributed by atoms with Gasteiger partial charge in [0.25, 0.3) is 0 Å². The fourth-order valence-corrected chi connectivity index (χ4v) is 2.71. The van der Waals surface area contributed by atoms with E-state index >= 15 is 0 Å². The SMILES string of the molecule is O=C(CNc1c(F)cccc1F)NC1CCCCCCC1. The minimum Gasteiger partial charge on any atom is -0.371 e. The normalized spacial score (nSPS) is 16.9. The van der Waals surface area contributed by atoms with Crippen LogP contribution in [0.3, 0.4) is 0 Å².